The third-order valence-electron chi connectivity index (χ3n) is 7.62. The first-order valence-corrected chi connectivity index (χ1v) is 13.1. The van der Waals surface area contributed by atoms with Crippen LogP contribution in [0.15, 0.2) is 133 Å². The van der Waals surface area contributed by atoms with E-state index in [1.54, 1.807) is 13.2 Å². The number of halogens is 1. The van der Waals surface area contributed by atoms with Crippen molar-refractivity contribution in [3.05, 3.63) is 166 Å². The Hall–Kier alpha value is -4.38. The zero-order valence-corrected chi connectivity index (χ0v) is 22.2. The van der Waals surface area contributed by atoms with Crippen LogP contribution in [0, 0.1) is 0 Å². The van der Waals surface area contributed by atoms with Gasteiger partial charge in [-0.3, -0.25) is 9.69 Å². The van der Waals surface area contributed by atoms with Crippen LogP contribution in [0.4, 0.5) is 5.69 Å². The van der Waals surface area contributed by atoms with E-state index in [1.165, 1.54) is 0 Å². The van der Waals surface area contributed by atoms with Crippen molar-refractivity contribution in [2.45, 2.75) is 11.1 Å². The molecular formula is C34H27ClN2O2. The van der Waals surface area contributed by atoms with Crippen molar-refractivity contribution < 1.29 is 9.53 Å². The van der Waals surface area contributed by atoms with E-state index >= 15 is 4.79 Å². The van der Waals surface area contributed by atoms with E-state index in [0.29, 0.717) is 27.6 Å². The van der Waals surface area contributed by atoms with Crippen molar-refractivity contribution >= 4 is 23.2 Å². The number of amides is 1. The quantitative estimate of drug-likeness (QED) is 0.243. The summed E-state index contributed by atoms with van der Waals surface area (Å²) in [5, 5.41) is 0.522. The molecule has 39 heavy (non-hydrogen) atoms. The fourth-order valence-corrected chi connectivity index (χ4v) is 5.98. The monoisotopic (exact) mass is 530 g/mol. The van der Waals surface area contributed by atoms with Gasteiger partial charge < -0.3 is 10.5 Å². The first-order chi connectivity index (χ1) is 19.0. The molecule has 0 unspecified atom stereocenters. The molecule has 5 aromatic rings. The molecule has 192 valence electrons. The van der Waals surface area contributed by atoms with Crippen LogP contribution in [0.3, 0.4) is 0 Å². The molecule has 5 heteroatoms. The second-order valence-corrected chi connectivity index (χ2v) is 10.1. The van der Waals surface area contributed by atoms with Crippen molar-refractivity contribution in [3.8, 4) is 5.75 Å². The van der Waals surface area contributed by atoms with Gasteiger partial charge in [0, 0.05) is 10.6 Å². The second-order valence-electron chi connectivity index (χ2n) is 9.65. The summed E-state index contributed by atoms with van der Waals surface area (Å²) >= 11 is 6.61. The highest BCUT2D eigenvalue weighted by molar-refractivity contribution is 6.31. The number of nitrogens with zero attached hydrogens (tertiary/aromatic N) is 1. The van der Waals surface area contributed by atoms with Gasteiger partial charge in [-0.1, -0.05) is 121 Å². The molecule has 0 saturated heterocycles. The van der Waals surface area contributed by atoms with Crippen LogP contribution >= 0.6 is 11.6 Å². The Morgan fingerprint density at radius 2 is 1.21 bits per heavy atom. The van der Waals surface area contributed by atoms with Gasteiger partial charge >= 0.3 is 0 Å². The van der Waals surface area contributed by atoms with Crippen LogP contribution < -0.4 is 15.4 Å². The number of carbonyl (C=O) groups excluding carboxylic acids is 1. The minimum absolute atomic E-state index is 0.249. The molecule has 2 N–H and O–H groups in total. The summed E-state index contributed by atoms with van der Waals surface area (Å²) in [6, 6.07) is 43.1. The summed E-state index contributed by atoms with van der Waals surface area (Å²) in [6.07, 6.45) is 0. The number of ether oxygens (including phenoxy) is 1. The van der Waals surface area contributed by atoms with Gasteiger partial charge in [0.05, 0.1) is 12.8 Å². The molecule has 0 fully saturated rings. The lowest BCUT2D eigenvalue weighted by Crippen LogP contribution is -2.56. The maximum Gasteiger partial charge on any atom is 0.257 e. The Labute approximate surface area is 233 Å². The first-order valence-electron chi connectivity index (χ1n) is 12.8. The highest BCUT2D eigenvalue weighted by Gasteiger charge is 2.57. The number of fused-ring (bicyclic) bond motifs is 1. The predicted octanol–water partition coefficient (Wildman–Crippen LogP) is 6.89. The van der Waals surface area contributed by atoms with E-state index in [0.717, 1.165) is 16.7 Å². The zero-order chi connectivity index (χ0) is 27.0. The Morgan fingerprint density at radius 3 is 1.67 bits per heavy atom. The summed E-state index contributed by atoms with van der Waals surface area (Å²) in [5.41, 5.74) is 9.56. The number of anilines is 1. The molecule has 0 aromatic heterocycles. The molecule has 0 spiro atoms. The highest BCUT2D eigenvalue weighted by atomic mass is 35.5. The Morgan fingerprint density at radius 1 is 0.718 bits per heavy atom. The van der Waals surface area contributed by atoms with Crippen LogP contribution in [0.2, 0.25) is 5.02 Å². The summed E-state index contributed by atoms with van der Waals surface area (Å²) < 4.78 is 5.37. The number of rotatable bonds is 6. The van der Waals surface area contributed by atoms with E-state index in [9.17, 15) is 0 Å². The average Bonchev–Trinajstić information content (AvgIpc) is 3.22. The van der Waals surface area contributed by atoms with Crippen molar-refractivity contribution in [2.75, 3.05) is 12.0 Å². The molecular weight excluding hydrogens is 504 g/mol. The Bertz CT molecular complexity index is 1530. The summed E-state index contributed by atoms with van der Waals surface area (Å²) in [5.74, 6) is 0.440. The standard InChI is InChI=1S/C34H27ClN2O2/c1-39-29-20-17-24(18-21-29)33(36)30-22-19-28(35)23-31(30)37(32(33)38)34(25-11-5-2-6-12-25,26-13-7-3-8-14-26)27-15-9-4-10-16-27/h2-23H,36H2,1H3/t33-/m1/s1. The largest absolute Gasteiger partial charge is 0.497 e. The fraction of sp³-hybridized carbons (Fsp3) is 0.0882. The summed E-state index contributed by atoms with van der Waals surface area (Å²) in [4.78, 5) is 16.9. The lowest BCUT2D eigenvalue weighted by atomic mass is 9.75. The van der Waals surface area contributed by atoms with Gasteiger partial charge in [-0.25, -0.2) is 0 Å². The lowest BCUT2D eigenvalue weighted by Gasteiger charge is -2.44. The minimum Gasteiger partial charge on any atom is -0.497 e. The molecule has 1 heterocycles. The molecule has 4 nitrogen and oxygen atoms in total. The van der Waals surface area contributed by atoms with Crippen molar-refractivity contribution in [1.29, 1.82) is 0 Å². The smallest absolute Gasteiger partial charge is 0.257 e. The van der Waals surface area contributed by atoms with Gasteiger partial charge in [-0.05, 0) is 46.5 Å². The molecule has 1 amide bonds. The molecule has 0 saturated carbocycles. The molecule has 0 aliphatic carbocycles. The molecule has 5 aromatic carbocycles. The third kappa shape index (κ3) is 3.75. The SMILES string of the molecule is COc1ccc([C@]2(N)C(=O)N(C(c3ccccc3)(c3ccccc3)c3ccccc3)c3cc(Cl)ccc32)cc1. The van der Waals surface area contributed by atoms with E-state index in [1.807, 2.05) is 95.9 Å². The summed E-state index contributed by atoms with van der Waals surface area (Å²) in [7, 11) is 1.61. The van der Waals surface area contributed by atoms with Gasteiger partial charge in [-0.15, -0.1) is 0 Å². The number of hydrogen-bond acceptors (Lipinski definition) is 3. The average molecular weight is 531 g/mol. The molecule has 1 atom stereocenters. The molecule has 0 bridgehead atoms. The first kappa shape index (κ1) is 24.9. The number of nitrogens with two attached hydrogens (primary N) is 1. The maximum absolute atomic E-state index is 15.0. The zero-order valence-electron chi connectivity index (χ0n) is 21.4. The van der Waals surface area contributed by atoms with Crippen LogP contribution in [-0.2, 0) is 15.9 Å². The summed E-state index contributed by atoms with van der Waals surface area (Å²) in [6.45, 7) is 0. The number of methoxy groups -OCH3 is 1. The van der Waals surface area contributed by atoms with Crippen molar-refractivity contribution in [3.63, 3.8) is 0 Å². The number of benzene rings is 5. The van der Waals surface area contributed by atoms with Crippen molar-refractivity contribution in [1.82, 2.24) is 0 Å². The second kappa shape index (κ2) is 9.73. The van der Waals surface area contributed by atoms with E-state index in [4.69, 9.17) is 22.1 Å². The maximum atomic E-state index is 15.0. The molecule has 6 rings (SSSR count). The Kier molecular flexibility index (Phi) is 6.22. The fourth-order valence-electron chi connectivity index (χ4n) is 5.82. The predicted molar refractivity (Wildman–Crippen MR) is 156 cm³/mol. The van der Waals surface area contributed by atoms with Crippen LogP contribution in [0.1, 0.15) is 27.8 Å². The lowest BCUT2D eigenvalue weighted by molar-refractivity contribution is -0.122. The topological polar surface area (TPSA) is 55.6 Å². The Balaban J connectivity index is 1.72. The van der Waals surface area contributed by atoms with Gasteiger partial charge in [0.2, 0.25) is 0 Å². The normalized spacial score (nSPS) is 16.7. The van der Waals surface area contributed by atoms with Crippen LogP contribution in [-0.4, -0.2) is 13.0 Å². The molecule has 1 aliphatic heterocycles. The molecule has 1 aliphatic rings. The van der Waals surface area contributed by atoms with Crippen LogP contribution in [0.25, 0.3) is 0 Å². The van der Waals surface area contributed by atoms with Gasteiger partial charge in [0.25, 0.3) is 5.91 Å². The van der Waals surface area contributed by atoms with Gasteiger partial charge in [0.15, 0.2) is 0 Å². The highest BCUT2D eigenvalue weighted by Crippen LogP contribution is 2.53. The van der Waals surface area contributed by atoms with Crippen LogP contribution in [0.5, 0.6) is 5.75 Å². The molecule has 0 radical (unpaired) electrons. The van der Waals surface area contributed by atoms with Gasteiger partial charge in [0.1, 0.15) is 16.8 Å². The van der Waals surface area contributed by atoms with E-state index in [2.05, 4.69) is 36.4 Å². The number of hydrogen-bond donors (Lipinski definition) is 1. The van der Waals surface area contributed by atoms with E-state index in [-0.39, 0.29) is 5.91 Å². The van der Waals surface area contributed by atoms with Gasteiger partial charge in [-0.2, -0.15) is 0 Å². The third-order valence-corrected chi connectivity index (χ3v) is 7.86. The number of carbonyl (C=O) groups is 1. The van der Waals surface area contributed by atoms with E-state index < -0.39 is 11.1 Å². The minimum atomic E-state index is -1.45. The van der Waals surface area contributed by atoms with Crippen molar-refractivity contribution in [2.24, 2.45) is 5.73 Å².